The first-order valence-corrected chi connectivity index (χ1v) is 6.14. The van der Waals surface area contributed by atoms with Crippen LogP contribution in [0.1, 0.15) is 10.4 Å². The first-order valence-electron chi connectivity index (χ1n) is 6.14. The standard InChI is InChI=1S/C16H11FN2O/c17-14-6-8-15(9-7-14)19-10-13(11-20)16(18-19)12-4-2-1-3-5-12/h1-11H. The van der Waals surface area contributed by atoms with E-state index in [1.54, 1.807) is 23.0 Å². The summed E-state index contributed by atoms with van der Waals surface area (Å²) in [4.78, 5) is 11.2. The number of hydrogen-bond donors (Lipinski definition) is 0. The molecule has 0 bridgehead atoms. The van der Waals surface area contributed by atoms with Gasteiger partial charge in [-0.1, -0.05) is 30.3 Å². The van der Waals surface area contributed by atoms with Crippen molar-refractivity contribution >= 4 is 6.29 Å². The maximum Gasteiger partial charge on any atom is 0.153 e. The lowest BCUT2D eigenvalue weighted by molar-refractivity contribution is 0.112. The van der Waals surface area contributed by atoms with Gasteiger partial charge < -0.3 is 0 Å². The molecule has 2 aromatic carbocycles. The molecule has 3 rings (SSSR count). The minimum absolute atomic E-state index is 0.306. The van der Waals surface area contributed by atoms with Crippen molar-refractivity contribution in [3.63, 3.8) is 0 Å². The van der Waals surface area contributed by atoms with E-state index in [2.05, 4.69) is 5.10 Å². The van der Waals surface area contributed by atoms with Gasteiger partial charge in [-0.25, -0.2) is 9.07 Å². The Morgan fingerprint density at radius 2 is 1.70 bits per heavy atom. The fourth-order valence-electron chi connectivity index (χ4n) is 2.02. The number of benzene rings is 2. The molecule has 0 aliphatic carbocycles. The van der Waals surface area contributed by atoms with E-state index in [1.807, 2.05) is 30.3 Å². The molecule has 1 heterocycles. The van der Waals surface area contributed by atoms with Crippen LogP contribution in [0.2, 0.25) is 0 Å². The number of aldehydes is 1. The van der Waals surface area contributed by atoms with Gasteiger partial charge in [-0.2, -0.15) is 5.10 Å². The van der Waals surface area contributed by atoms with E-state index in [-0.39, 0.29) is 5.82 Å². The number of rotatable bonds is 3. The average molecular weight is 266 g/mol. The summed E-state index contributed by atoms with van der Waals surface area (Å²) in [6, 6.07) is 15.4. The molecule has 3 aromatic rings. The lowest BCUT2D eigenvalue weighted by Gasteiger charge is -2.00. The second-order valence-electron chi connectivity index (χ2n) is 4.34. The van der Waals surface area contributed by atoms with Crippen molar-refractivity contribution in [2.45, 2.75) is 0 Å². The van der Waals surface area contributed by atoms with Crippen LogP contribution in [0.5, 0.6) is 0 Å². The van der Waals surface area contributed by atoms with E-state index in [0.29, 0.717) is 16.9 Å². The lowest BCUT2D eigenvalue weighted by atomic mass is 10.1. The predicted molar refractivity (Wildman–Crippen MR) is 74.3 cm³/mol. The van der Waals surface area contributed by atoms with Crippen LogP contribution in [0, 0.1) is 5.82 Å². The highest BCUT2D eigenvalue weighted by atomic mass is 19.1. The average Bonchev–Trinajstić information content (AvgIpc) is 2.93. The molecule has 0 fully saturated rings. The van der Waals surface area contributed by atoms with E-state index in [0.717, 1.165) is 11.8 Å². The van der Waals surface area contributed by atoms with Crippen LogP contribution in [0.3, 0.4) is 0 Å². The quantitative estimate of drug-likeness (QED) is 0.680. The Bertz CT molecular complexity index is 733. The topological polar surface area (TPSA) is 34.9 Å². The van der Waals surface area contributed by atoms with Crippen LogP contribution < -0.4 is 0 Å². The molecule has 0 aliphatic rings. The Balaban J connectivity index is 2.09. The largest absolute Gasteiger partial charge is 0.298 e. The molecular formula is C16H11FN2O. The molecule has 0 atom stereocenters. The van der Waals surface area contributed by atoms with E-state index >= 15 is 0 Å². The summed E-state index contributed by atoms with van der Waals surface area (Å²) >= 11 is 0. The van der Waals surface area contributed by atoms with Crippen LogP contribution in [-0.4, -0.2) is 16.1 Å². The molecule has 4 heteroatoms. The van der Waals surface area contributed by atoms with Gasteiger partial charge in [-0.15, -0.1) is 0 Å². The van der Waals surface area contributed by atoms with Gasteiger partial charge in [0.15, 0.2) is 6.29 Å². The Morgan fingerprint density at radius 3 is 2.35 bits per heavy atom. The maximum absolute atomic E-state index is 12.9. The second-order valence-corrected chi connectivity index (χ2v) is 4.34. The summed E-state index contributed by atoms with van der Waals surface area (Å²) in [6.07, 6.45) is 2.41. The van der Waals surface area contributed by atoms with E-state index in [1.165, 1.54) is 12.1 Å². The Kier molecular flexibility index (Phi) is 3.13. The van der Waals surface area contributed by atoms with Gasteiger partial charge in [0.2, 0.25) is 0 Å². The zero-order valence-electron chi connectivity index (χ0n) is 10.5. The third-order valence-electron chi connectivity index (χ3n) is 3.01. The molecule has 3 nitrogen and oxygen atoms in total. The summed E-state index contributed by atoms with van der Waals surface area (Å²) in [6.45, 7) is 0. The lowest BCUT2D eigenvalue weighted by Crippen LogP contribution is -1.94. The van der Waals surface area contributed by atoms with Gasteiger partial charge >= 0.3 is 0 Å². The van der Waals surface area contributed by atoms with Crippen molar-refractivity contribution in [3.8, 4) is 16.9 Å². The molecule has 0 saturated heterocycles. The monoisotopic (exact) mass is 266 g/mol. The van der Waals surface area contributed by atoms with Gasteiger partial charge in [0, 0.05) is 11.8 Å². The van der Waals surface area contributed by atoms with E-state index in [9.17, 15) is 9.18 Å². The van der Waals surface area contributed by atoms with Crippen LogP contribution in [0.4, 0.5) is 4.39 Å². The smallest absolute Gasteiger partial charge is 0.153 e. The fraction of sp³-hybridized carbons (Fsp3) is 0. The number of aromatic nitrogens is 2. The Morgan fingerprint density at radius 1 is 1.00 bits per heavy atom. The zero-order valence-corrected chi connectivity index (χ0v) is 10.5. The molecule has 98 valence electrons. The van der Waals surface area contributed by atoms with Gasteiger partial charge in [-0.3, -0.25) is 4.79 Å². The maximum atomic E-state index is 12.9. The van der Waals surface area contributed by atoms with Gasteiger partial charge in [0.05, 0.1) is 11.3 Å². The summed E-state index contributed by atoms with van der Waals surface area (Å²) in [5.74, 6) is -0.306. The molecule has 1 aromatic heterocycles. The van der Waals surface area contributed by atoms with Gasteiger partial charge in [0.25, 0.3) is 0 Å². The first-order chi connectivity index (χ1) is 9.78. The molecule has 0 unspecified atom stereocenters. The molecular weight excluding hydrogens is 255 g/mol. The molecule has 0 spiro atoms. The SMILES string of the molecule is O=Cc1cn(-c2ccc(F)cc2)nc1-c1ccccc1. The number of carbonyl (C=O) groups is 1. The Labute approximate surface area is 115 Å². The van der Waals surface area contributed by atoms with Gasteiger partial charge in [0.1, 0.15) is 11.5 Å². The number of nitrogens with zero attached hydrogens (tertiary/aromatic N) is 2. The van der Waals surface area contributed by atoms with Crippen LogP contribution in [0.25, 0.3) is 16.9 Å². The van der Waals surface area contributed by atoms with Crippen LogP contribution in [0.15, 0.2) is 60.8 Å². The molecule has 20 heavy (non-hydrogen) atoms. The highest BCUT2D eigenvalue weighted by Gasteiger charge is 2.11. The van der Waals surface area contributed by atoms with Gasteiger partial charge in [-0.05, 0) is 24.3 Å². The third kappa shape index (κ3) is 2.23. The molecule has 0 radical (unpaired) electrons. The molecule has 0 N–H and O–H groups in total. The van der Waals surface area contributed by atoms with Crippen LogP contribution >= 0.6 is 0 Å². The van der Waals surface area contributed by atoms with Crippen LogP contribution in [-0.2, 0) is 0 Å². The predicted octanol–water partition coefficient (Wildman–Crippen LogP) is 3.49. The first kappa shape index (κ1) is 12.3. The Hall–Kier alpha value is -2.75. The van der Waals surface area contributed by atoms with E-state index < -0.39 is 0 Å². The van der Waals surface area contributed by atoms with Crippen molar-refractivity contribution in [1.82, 2.24) is 9.78 Å². The number of halogens is 1. The zero-order chi connectivity index (χ0) is 13.9. The molecule has 0 amide bonds. The van der Waals surface area contributed by atoms with E-state index in [4.69, 9.17) is 0 Å². The normalized spacial score (nSPS) is 10.4. The second kappa shape index (κ2) is 5.09. The minimum atomic E-state index is -0.306. The summed E-state index contributed by atoms with van der Waals surface area (Å²) < 4.78 is 14.5. The highest BCUT2D eigenvalue weighted by molar-refractivity contribution is 5.85. The fourth-order valence-corrected chi connectivity index (χ4v) is 2.02. The summed E-state index contributed by atoms with van der Waals surface area (Å²) in [5.41, 5.74) is 2.69. The van der Waals surface area contributed by atoms with Crippen molar-refractivity contribution in [2.75, 3.05) is 0 Å². The number of hydrogen-bond acceptors (Lipinski definition) is 2. The number of carbonyl (C=O) groups excluding carboxylic acids is 1. The summed E-state index contributed by atoms with van der Waals surface area (Å²) in [5, 5.41) is 4.41. The summed E-state index contributed by atoms with van der Waals surface area (Å²) in [7, 11) is 0. The van der Waals surface area contributed by atoms with Crippen molar-refractivity contribution in [1.29, 1.82) is 0 Å². The molecule has 0 saturated carbocycles. The van der Waals surface area contributed by atoms with Crippen molar-refractivity contribution in [2.24, 2.45) is 0 Å². The van der Waals surface area contributed by atoms with Crippen molar-refractivity contribution in [3.05, 3.63) is 72.2 Å². The third-order valence-corrected chi connectivity index (χ3v) is 3.01. The molecule has 0 aliphatic heterocycles. The highest BCUT2D eigenvalue weighted by Crippen LogP contribution is 2.22. The van der Waals surface area contributed by atoms with Crippen molar-refractivity contribution < 1.29 is 9.18 Å². The minimum Gasteiger partial charge on any atom is -0.298 e.